The topological polar surface area (TPSA) is 48.0 Å². The molecule has 28 heavy (non-hydrogen) atoms. The van der Waals surface area contributed by atoms with E-state index in [1.807, 2.05) is 36.1 Å². The fraction of sp³-hybridized carbons (Fsp3) is 0.682. The molecule has 2 aliphatic heterocycles. The van der Waals surface area contributed by atoms with Crippen LogP contribution in [0.25, 0.3) is 0 Å². The third-order valence-corrected chi connectivity index (χ3v) is 6.79. The molecule has 2 spiro atoms. The van der Waals surface area contributed by atoms with Crippen molar-refractivity contribution in [2.24, 2.45) is 5.41 Å². The van der Waals surface area contributed by atoms with E-state index in [9.17, 15) is 4.79 Å². The molecule has 3 aliphatic rings. The highest BCUT2D eigenvalue weighted by Gasteiger charge is 2.51. The van der Waals surface area contributed by atoms with Crippen LogP contribution in [0, 0.1) is 5.41 Å². The molecule has 0 radical (unpaired) electrons. The quantitative estimate of drug-likeness (QED) is 0.665. The highest BCUT2D eigenvalue weighted by molar-refractivity contribution is 6.30. The van der Waals surface area contributed by atoms with Gasteiger partial charge in [-0.15, -0.1) is 0 Å². The van der Waals surface area contributed by atoms with Gasteiger partial charge in [0.1, 0.15) is 5.60 Å². The zero-order valence-corrected chi connectivity index (χ0v) is 17.8. The van der Waals surface area contributed by atoms with Crippen LogP contribution in [0.5, 0.6) is 0 Å². The van der Waals surface area contributed by atoms with Crippen molar-refractivity contribution >= 4 is 17.7 Å². The molecule has 2 heterocycles. The van der Waals surface area contributed by atoms with Gasteiger partial charge >= 0.3 is 6.09 Å². The van der Waals surface area contributed by atoms with Crippen LogP contribution in [-0.2, 0) is 14.2 Å². The molecule has 1 unspecified atom stereocenters. The van der Waals surface area contributed by atoms with E-state index in [-0.39, 0.29) is 23.2 Å². The van der Waals surface area contributed by atoms with Gasteiger partial charge in [0.25, 0.3) is 0 Å². The average molecular weight is 408 g/mol. The maximum absolute atomic E-state index is 12.8. The first-order valence-corrected chi connectivity index (χ1v) is 10.6. The van der Waals surface area contributed by atoms with Crippen LogP contribution in [0.3, 0.4) is 0 Å². The van der Waals surface area contributed by atoms with E-state index in [1.165, 1.54) is 0 Å². The van der Waals surface area contributed by atoms with Crippen LogP contribution in [0.2, 0.25) is 5.02 Å². The fourth-order valence-electron chi connectivity index (χ4n) is 4.45. The first kappa shape index (κ1) is 20.0. The van der Waals surface area contributed by atoms with Crippen LogP contribution in [0.1, 0.15) is 64.5 Å². The molecule has 3 fully saturated rings. The van der Waals surface area contributed by atoms with E-state index in [0.29, 0.717) is 24.8 Å². The summed E-state index contributed by atoms with van der Waals surface area (Å²) in [5.74, 6) is -0.485. The molecule has 1 saturated carbocycles. The molecule has 4 rings (SSSR count). The van der Waals surface area contributed by atoms with Gasteiger partial charge in [-0.05, 0) is 37.5 Å². The molecule has 0 N–H and O–H groups in total. The van der Waals surface area contributed by atoms with E-state index < -0.39 is 5.79 Å². The largest absolute Gasteiger partial charge is 0.443 e. The summed E-state index contributed by atoms with van der Waals surface area (Å²) < 4.78 is 18.3. The zero-order chi connectivity index (χ0) is 20.0. The molecule has 1 aliphatic carbocycles. The molecular weight excluding hydrogens is 378 g/mol. The molecule has 2 saturated heterocycles. The molecule has 1 aromatic carbocycles. The molecule has 1 aromatic rings. The number of hydrogen-bond acceptors (Lipinski definition) is 4. The second kappa shape index (κ2) is 7.19. The minimum absolute atomic E-state index is 0.0377. The second-order valence-corrected chi connectivity index (χ2v) is 9.81. The van der Waals surface area contributed by atoms with E-state index >= 15 is 0 Å². The maximum Gasteiger partial charge on any atom is 0.410 e. The summed E-state index contributed by atoms with van der Waals surface area (Å²) in [6.07, 6.45) is 3.77. The first-order valence-electron chi connectivity index (χ1n) is 10.2. The number of amides is 1. The Kier molecular flexibility index (Phi) is 5.13. The molecule has 1 atom stereocenters. The van der Waals surface area contributed by atoms with Crippen LogP contribution in [0.15, 0.2) is 24.3 Å². The summed E-state index contributed by atoms with van der Waals surface area (Å²) >= 11 is 5.98. The Balaban J connectivity index is 1.37. The number of carbonyl (C=O) groups excluding carboxylic acids is 1. The van der Waals surface area contributed by atoms with Gasteiger partial charge in [0, 0.05) is 36.2 Å². The van der Waals surface area contributed by atoms with Gasteiger partial charge in [-0.3, -0.25) is 0 Å². The van der Waals surface area contributed by atoms with Crippen molar-refractivity contribution < 1.29 is 19.0 Å². The Morgan fingerprint density at radius 3 is 2.18 bits per heavy atom. The van der Waals surface area contributed by atoms with E-state index in [1.54, 1.807) is 0 Å². The third-order valence-electron chi connectivity index (χ3n) is 6.54. The second-order valence-electron chi connectivity index (χ2n) is 9.37. The molecule has 5 nitrogen and oxygen atoms in total. The van der Waals surface area contributed by atoms with Gasteiger partial charge in [-0.25, -0.2) is 4.79 Å². The average Bonchev–Trinajstić information content (AvgIpc) is 2.67. The monoisotopic (exact) mass is 407 g/mol. The SMILES string of the molecule is CC(c1ccc(Cl)cc1)N1CCC2(CCC3(CC2)OCC(C)(C)CO3)OC1=O. The summed E-state index contributed by atoms with van der Waals surface area (Å²) in [6, 6.07) is 7.61. The minimum Gasteiger partial charge on any atom is -0.443 e. The summed E-state index contributed by atoms with van der Waals surface area (Å²) in [4.78, 5) is 14.6. The smallest absolute Gasteiger partial charge is 0.410 e. The minimum atomic E-state index is -0.485. The van der Waals surface area contributed by atoms with Crippen molar-refractivity contribution in [3.63, 3.8) is 0 Å². The molecule has 6 heteroatoms. The molecule has 154 valence electrons. The molecule has 0 bridgehead atoms. The van der Waals surface area contributed by atoms with Gasteiger partial charge in [0.2, 0.25) is 0 Å². The summed E-state index contributed by atoms with van der Waals surface area (Å²) in [6.45, 7) is 8.47. The maximum atomic E-state index is 12.8. The Bertz CT molecular complexity index is 713. The Morgan fingerprint density at radius 1 is 1.00 bits per heavy atom. The van der Waals surface area contributed by atoms with Crippen molar-refractivity contribution in [1.29, 1.82) is 0 Å². The third kappa shape index (κ3) is 3.89. The number of carbonyl (C=O) groups is 1. The number of ether oxygens (including phenoxy) is 3. The Labute approximate surface area is 172 Å². The lowest BCUT2D eigenvalue weighted by atomic mass is 9.77. The summed E-state index contributed by atoms with van der Waals surface area (Å²) in [5, 5.41) is 0.697. The number of benzene rings is 1. The lowest BCUT2D eigenvalue weighted by molar-refractivity contribution is -0.320. The van der Waals surface area contributed by atoms with Gasteiger partial charge < -0.3 is 19.1 Å². The molecule has 0 aromatic heterocycles. The molecule has 1 amide bonds. The van der Waals surface area contributed by atoms with Gasteiger partial charge in [-0.1, -0.05) is 37.6 Å². The standard InChI is InChI=1S/C22H30ClNO4/c1-16(17-4-6-18(23)7-5-17)24-13-12-21(28-19(24)25)8-10-22(11-9-21)26-14-20(2,3)15-27-22/h4-7,16H,8-15H2,1-3H3. The van der Waals surface area contributed by atoms with Crippen molar-refractivity contribution in [3.05, 3.63) is 34.9 Å². The lowest BCUT2D eigenvalue weighted by Crippen LogP contribution is -2.56. The fourth-order valence-corrected chi connectivity index (χ4v) is 4.57. The van der Waals surface area contributed by atoms with Crippen LogP contribution in [-0.4, -0.2) is 42.1 Å². The zero-order valence-electron chi connectivity index (χ0n) is 17.0. The van der Waals surface area contributed by atoms with E-state index in [0.717, 1.165) is 37.7 Å². The van der Waals surface area contributed by atoms with Crippen molar-refractivity contribution in [3.8, 4) is 0 Å². The molecular formula is C22H30ClNO4. The van der Waals surface area contributed by atoms with Crippen molar-refractivity contribution in [1.82, 2.24) is 4.90 Å². The van der Waals surface area contributed by atoms with E-state index in [4.69, 9.17) is 25.8 Å². The van der Waals surface area contributed by atoms with Gasteiger partial charge in [-0.2, -0.15) is 0 Å². The number of rotatable bonds is 2. The van der Waals surface area contributed by atoms with Crippen LogP contribution < -0.4 is 0 Å². The van der Waals surface area contributed by atoms with Gasteiger partial charge in [0.05, 0.1) is 19.3 Å². The Hall–Kier alpha value is -1.30. The van der Waals surface area contributed by atoms with Crippen molar-refractivity contribution in [2.45, 2.75) is 70.3 Å². The number of hydrogen-bond donors (Lipinski definition) is 0. The number of halogens is 1. The van der Waals surface area contributed by atoms with Crippen LogP contribution in [0.4, 0.5) is 4.79 Å². The summed E-state index contributed by atoms with van der Waals surface area (Å²) in [7, 11) is 0. The number of nitrogens with zero attached hydrogens (tertiary/aromatic N) is 1. The van der Waals surface area contributed by atoms with Crippen molar-refractivity contribution in [2.75, 3.05) is 19.8 Å². The van der Waals surface area contributed by atoms with E-state index in [2.05, 4.69) is 13.8 Å². The predicted octanol–water partition coefficient (Wildman–Crippen LogP) is 5.33. The van der Waals surface area contributed by atoms with Crippen LogP contribution >= 0.6 is 11.6 Å². The lowest BCUT2D eigenvalue weighted by Gasteiger charge is -2.51. The predicted molar refractivity (Wildman–Crippen MR) is 107 cm³/mol. The first-order chi connectivity index (χ1) is 13.2. The highest BCUT2D eigenvalue weighted by Crippen LogP contribution is 2.47. The van der Waals surface area contributed by atoms with Gasteiger partial charge in [0.15, 0.2) is 5.79 Å². The highest BCUT2D eigenvalue weighted by atomic mass is 35.5. The normalized spacial score (nSPS) is 26.9. The summed E-state index contributed by atoms with van der Waals surface area (Å²) in [5.41, 5.74) is 0.750. The Morgan fingerprint density at radius 2 is 1.61 bits per heavy atom.